The van der Waals surface area contributed by atoms with Crippen LogP contribution in [0.4, 0.5) is 4.39 Å². The molecular formula is C15H12BrFN2. The van der Waals surface area contributed by atoms with E-state index in [0.29, 0.717) is 18.7 Å². The molecule has 0 heterocycles. The lowest BCUT2D eigenvalue weighted by molar-refractivity contribution is 0.585. The molecule has 0 aliphatic carbocycles. The Balaban J connectivity index is 1.98. The van der Waals surface area contributed by atoms with Crippen LogP contribution in [0.1, 0.15) is 16.7 Å². The van der Waals surface area contributed by atoms with Gasteiger partial charge in [0.2, 0.25) is 0 Å². The molecule has 0 aliphatic rings. The van der Waals surface area contributed by atoms with Crippen molar-refractivity contribution in [2.45, 2.75) is 13.1 Å². The number of nitrogens with zero attached hydrogens (tertiary/aromatic N) is 1. The molecule has 1 N–H and O–H groups in total. The first-order valence-corrected chi connectivity index (χ1v) is 6.62. The summed E-state index contributed by atoms with van der Waals surface area (Å²) in [5, 5.41) is 11.9. The fourth-order valence-electron chi connectivity index (χ4n) is 1.79. The maximum absolute atomic E-state index is 13.8. The molecular weight excluding hydrogens is 307 g/mol. The van der Waals surface area contributed by atoms with Crippen LogP contribution < -0.4 is 5.32 Å². The molecule has 0 fully saturated rings. The maximum Gasteiger partial charge on any atom is 0.145 e. The van der Waals surface area contributed by atoms with Gasteiger partial charge in [0.15, 0.2) is 0 Å². The number of nitriles is 1. The second kappa shape index (κ2) is 6.46. The highest BCUT2D eigenvalue weighted by Crippen LogP contribution is 2.13. The molecule has 0 atom stereocenters. The van der Waals surface area contributed by atoms with E-state index in [0.717, 1.165) is 10.0 Å². The summed E-state index contributed by atoms with van der Waals surface area (Å²) >= 11 is 3.41. The predicted molar refractivity (Wildman–Crippen MR) is 75.8 cm³/mol. The smallest absolute Gasteiger partial charge is 0.145 e. The monoisotopic (exact) mass is 318 g/mol. The minimum atomic E-state index is -0.438. The van der Waals surface area contributed by atoms with Crippen LogP contribution in [-0.4, -0.2) is 0 Å². The minimum Gasteiger partial charge on any atom is -0.309 e. The fourth-order valence-corrected chi connectivity index (χ4v) is 2.24. The molecule has 0 radical (unpaired) electrons. The molecule has 4 heteroatoms. The van der Waals surface area contributed by atoms with E-state index in [1.54, 1.807) is 12.1 Å². The Morgan fingerprint density at radius 3 is 2.68 bits per heavy atom. The first-order chi connectivity index (χ1) is 9.20. The van der Waals surface area contributed by atoms with Gasteiger partial charge >= 0.3 is 0 Å². The molecule has 2 aromatic rings. The highest BCUT2D eigenvalue weighted by atomic mass is 79.9. The summed E-state index contributed by atoms with van der Waals surface area (Å²) in [5.74, 6) is -0.438. The first-order valence-electron chi connectivity index (χ1n) is 5.83. The molecule has 0 saturated heterocycles. The maximum atomic E-state index is 13.8. The fraction of sp³-hybridized carbons (Fsp3) is 0.133. The van der Waals surface area contributed by atoms with Crippen molar-refractivity contribution in [3.63, 3.8) is 0 Å². The zero-order chi connectivity index (χ0) is 13.7. The number of hydrogen-bond donors (Lipinski definition) is 1. The van der Waals surface area contributed by atoms with Crippen molar-refractivity contribution in [3.8, 4) is 6.07 Å². The number of rotatable bonds is 4. The van der Waals surface area contributed by atoms with E-state index < -0.39 is 5.82 Å². The summed E-state index contributed by atoms with van der Waals surface area (Å²) in [6.07, 6.45) is 0. The number of benzene rings is 2. The SMILES string of the molecule is N#Cc1cccc(CNCc2cccc(Br)c2)c1F. The summed E-state index contributed by atoms with van der Waals surface area (Å²) in [6.45, 7) is 1.05. The van der Waals surface area contributed by atoms with Gasteiger partial charge in [-0.1, -0.05) is 40.2 Å². The quantitative estimate of drug-likeness (QED) is 0.932. The van der Waals surface area contributed by atoms with Gasteiger partial charge in [0.05, 0.1) is 5.56 Å². The third-order valence-corrected chi connectivity index (χ3v) is 3.23. The van der Waals surface area contributed by atoms with Gasteiger partial charge in [-0.25, -0.2) is 4.39 Å². The van der Waals surface area contributed by atoms with E-state index >= 15 is 0 Å². The normalized spacial score (nSPS) is 10.2. The first kappa shape index (κ1) is 13.7. The molecule has 0 saturated carbocycles. The minimum absolute atomic E-state index is 0.0850. The molecule has 0 unspecified atom stereocenters. The van der Waals surface area contributed by atoms with Crippen molar-refractivity contribution in [2.24, 2.45) is 0 Å². The summed E-state index contributed by atoms with van der Waals surface area (Å²) < 4.78 is 14.8. The van der Waals surface area contributed by atoms with Crippen molar-refractivity contribution >= 4 is 15.9 Å². The molecule has 96 valence electrons. The van der Waals surface area contributed by atoms with Crippen molar-refractivity contribution in [1.82, 2.24) is 5.32 Å². The highest BCUT2D eigenvalue weighted by molar-refractivity contribution is 9.10. The van der Waals surface area contributed by atoms with Crippen LogP contribution in [0, 0.1) is 17.1 Å². The van der Waals surface area contributed by atoms with Gasteiger partial charge in [-0.2, -0.15) is 5.26 Å². The topological polar surface area (TPSA) is 35.8 Å². The number of hydrogen-bond acceptors (Lipinski definition) is 2. The second-order valence-corrected chi connectivity index (χ2v) is 5.04. The van der Waals surface area contributed by atoms with Crippen LogP contribution in [0.2, 0.25) is 0 Å². The Morgan fingerprint density at radius 2 is 1.95 bits per heavy atom. The summed E-state index contributed by atoms with van der Waals surface area (Å²) in [7, 11) is 0. The third kappa shape index (κ3) is 3.63. The molecule has 0 aliphatic heterocycles. The van der Waals surface area contributed by atoms with Gasteiger partial charge in [-0.05, 0) is 23.8 Å². The van der Waals surface area contributed by atoms with Crippen LogP contribution in [0.15, 0.2) is 46.9 Å². The summed E-state index contributed by atoms with van der Waals surface area (Å²) in [4.78, 5) is 0. The van der Waals surface area contributed by atoms with Crippen molar-refractivity contribution in [1.29, 1.82) is 5.26 Å². The van der Waals surface area contributed by atoms with Crippen LogP contribution in [0.5, 0.6) is 0 Å². The zero-order valence-electron chi connectivity index (χ0n) is 10.2. The molecule has 0 spiro atoms. The molecule has 0 bridgehead atoms. The average molecular weight is 319 g/mol. The molecule has 2 aromatic carbocycles. The lowest BCUT2D eigenvalue weighted by Gasteiger charge is -2.07. The van der Waals surface area contributed by atoms with E-state index in [1.807, 2.05) is 30.3 Å². The van der Waals surface area contributed by atoms with Crippen LogP contribution in [0.25, 0.3) is 0 Å². The molecule has 0 amide bonds. The van der Waals surface area contributed by atoms with Gasteiger partial charge in [0.1, 0.15) is 11.9 Å². The van der Waals surface area contributed by atoms with Gasteiger partial charge in [-0.15, -0.1) is 0 Å². The average Bonchev–Trinajstić information content (AvgIpc) is 2.41. The van der Waals surface area contributed by atoms with E-state index in [-0.39, 0.29) is 5.56 Å². The zero-order valence-corrected chi connectivity index (χ0v) is 11.7. The number of nitrogens with one attached hydrogen (secondary N) is 1. The van der Waals surface area contributed by atoms with Gasteiger partial charge in [0.25, 0.3) is 0 Å². The van der Waals surface area contributed by atoms with Crippen LogP contribution in [0.3, 0.4) is 0 Å². The van der Waals surface area contributed by atoms with E-state index in [4.69, 9.17) is 5.26 Å². The van der Waals surface area contributed by atoms with Gasteiger partial charge < -0.3 is 5.32 Å². The Hall–Kier alpha value is -1.70. The standard InChI is InChI=1S/C15H12BrFN2/c16-14-6-1-3-11(7-14)9-19-10-13-5-2-4-12(8-18)15(13)17/h1-7,19H,9-10H2. The Bertz CT molecular complexity index is 620. The van der Waals surface area contributed by atoms with Gasteiger partial charge in [0, 0.05) is 23.1 Å². The Kier molecular flexibility index (Phi) is 4.67. The summed E-state index contributed by atoms with van der Waals surface area (Å²) in [6, 6.07) is 14.6. The molecule has 19 heavy (non-hydrogen) atoms. The number of halogens is 2. The van der Waals surface area contributed by atoms with Crippen LogP contribution >= 0.6 is 15.9 Å². The third-order valence-electron chi connectivity index (χ3n) is 2.73. The van der Waals surface area contributed by atoms with Crippen LogP contribution in [-0.2, 0) is 13.1 Å². The van der Waals surface area contributed by atoms with Crippen molar-refractivity contribution in [3.05, 3.63) is 69.4 Å². The largest absolute Gasteiger partial charge is 0.309 e. The lowest BCUT2D eigenvalue weighted by Crippen LogP contribution is -2.14. The van der Waals surface area contributed by atoms with E-state index in [2.05, 4.69) is 21.2 Å². The van der Waals surface area contributed by atoms with E-state index in [9.17, 15) is 4.39 Å². The summed E-state index contributed by atoms with van der Waals surface area (Å²) in [5.41, 5.74) is 1.71. The molecule has 0 aromatic heterocycles. The molecule has 2 rings (SSSR count). The Labute approximate surface area is 120 Å². The highest BCUT2D eigenvalue weighted by Gasteiger charge is 2.06. The molecule has 2 nitrogen and oxygen atoms in total. The van der Waals surface area contributed by atoms with Crippen molar-refractivity contribution in [2.75, 3.05) is 0 Å². The van der Waals surface area contributed by atoms with E-state index in [1.165, 1.54) is 6.07 Å². The van der Waals surface area contributed by atoms with Crippen molar-refractivity contribution < 1.29 is 4.39 Å². The second-order valence-electron chi connectivity index (χ2n) is 4.12. The van der Waals surface area contributed by atoms with Gasteiger partial charge in [-0.3, -0.25) is 0 Å². The predicted octanol–water partition coefficient (Wildman–Crippen LogP) is 3.75. The lowest BCUT2D eigenvalue weighted by atomic mass is 10.1. The Morgan fingerprint density at radius 1 is 1.16 bits per heavy atom.